The Labute approximate surface area is 65.9 Å². The van der Waals surface area contributed by atoms with Crippen molar-refractivity contribution in [1.82, 2.24) is 4.90 Å². The summed E-state index contributed by atoms with van der Waals surface area (Å²) < 4.78 is 0. The molecule has 60 valence electrons. The molecular weight excluding hydrogens is 140 g/mol. The van der Waals surface area contributed by atoms with E-state index in [9.17, 15) is 4.79 Å². The number of nitrogens with zero attached hydrogens (tertiary/aromatic N) is 1. The quantitative estimate of drug-likeness (QED) is 0.420. The van der Waals surface area contributed by atoms with Gasteiger partial charge in [-0.05, 0) is 12.8 Å². The molecule has 1 heterocycles. The SMILES string of the molecule is NC1CN(C2CC=CC2)C1=O. The highest BCUT2D eigenvalue weighted by Crippen LogP contribution is 2.22. The average Bonchev–Trinajstić information content (AvgIpc) is 2.51. The van der Waals surface area contributed by atoms with Crippen LogP contribution in [0.2, 0.25) is 0 Å². The first-order chi connectivity index (χ1) is 5.29. The summed E-state index contributed by atoms with van der Waals surface area (Å²) in [4.78, 5) is 13.0. The van der Waals surface area contributed by atoms with Crippen LogP contribution < -0.4 is 5.73 Å². The maximum absolute atomic E-state index is 11.1. The van der Waals surface area contributed by atoms with Crippen LogP contribution in [0.15, 0.2) is 12.2 Å². The van der Waals surface area contributed by atoms with Crippen LogP contribution in [0.5, 0.6) is 0 Å². The standard InChI is InChI=1S/C8H12N2O/c9-7-5-10(8(7)11)6-3-1-2-4-6/h1-2,6-7H,3-5,9H2. The van der Waals surface area contributed by atoms with Crippen LogP contribution in [0.25, 0.3) is 0 Å². The normalized spacial score (nSPS) is 31.2. The van der Waals surface area contributed by atoms with Crippen LogP contribution in [0.1, 0.15) is 12.8 Å². The Hall–Kier alpha value is -0.830. The lowest BCUT2D eigenvalue weighted by molar-refractivity contribution is -0.145. The van der Waals surface area contributed by atoms with E-state index >= 15 is 0 Å². The maximum atomic E-state index is 11.1. The largest absolute Gasteiger partial charge is 0.336 e. The Kier molecular flexibility index (Phi) is 1.46. The highest BCUT2D eigenvalue weighted by molar-refractivity contribution is 5.88. The summed E-state index contributed by atoms with van der Waals surface area (Å²) in [6, 6.07) is 0.206. The molecule has 3 heteroatoms. The molecule has 1 unspecified atom stereocenters. The number of rotatable bonds is 1. The van der Waals surface area contributed by atoms with E-state index in [0.717, 1.165) is 19.4 Å². The molecule has 2 rings (SSSR count). The van der Waals surface area contributed by atoms with E-state index in [0.29, 0.717) is 6.04 Å². The van der Waals surface area contributed by atoms with Gasteiger partial charge in [-0.15, -0.1) is 0 Å². The first kappa shape index (κ1) is 6.85. The molecule has 1 aliphatic heterocycles. The third-order valence-corrected chi connectivity index (χ3v) is 2.42. The zero-order chi connectivity index (χ0) is 7.84. The fourth-order valence-corrected chi connectivity index (χ4v) is 1.67. The van der Waals surface area contributed by atoms with E-state index in [1.165, 1.54) is 0 Å². The van der Waals surface area contributed by atoms with E-state index in [1.54, 1.807) is 0 Å². The topological polar surface area (TPSA) is 46.3 Å². The first-order valence-corrected chi connectivity index (χ1v) is 4.00. The number of carbonyl (C=O) groups is 1. The van der Waals surface area contributed by atoms with Gasteiger partial charge in [0.25, 0.3) is 0 Å². The summed E-state index contributed by atoms with van der Waals surface area (Å²) >= 11 is 0. The number of β-lactam (4-membered cyclic amide) rings is 1. The van der Waals surface area contributed by atoms with Gasteiger partial charge in [0.2, 0.25) is 5.91 Å². The van der Waals surface area contributed by atoms with Crippen LogP contribution >= 0.6 is 0 Å². The van der Waals surface area contributed by atoms with Gasteiger partial charge in [0, 0.05) is 12.6 Å². The number of amides is 1. The van der Waals surface area contributed by atoms with E-state index in [4.69, 9.17) is 5.73 Å². The van der Waals surface area contributed by atoms with Gasteiger partial charge in [-0.25, -0.2) is 0 Å². The summed E-state index contributed by atoms with van der Waals surface area (Å²) in [5.74, 6) is 0.124. The second-order valence-electron chi connectivity index (χ2n) is 3.19. The summed E-state index contributed by atoms with van der Waals surface area (Å²) in [5, 5.41) is 0. The molecule has 0 bridgehead atoms. The highest BCUT2D eigenvalue weighted by Gasteiger charge is 2.37. The number of carbonyl (C=O) groups excluding carboxylic acids is 1. The van der Waals surface area contributed by atoms with Gasteiger partial charge in [0.15, 0.2) is 0 Å². The second-order valence-corrected chi connectivity index (χ2v) is 3.19. The van der Waals surface area contributed by atoms with E-state index in [2.05, 4.69) is 12.2 Å². The Morgan fingerprint density at radius 1 is 1.45 bits per heavy atom. The molecule has 11 heavy (non-hydrogen) atoms. The van der Waals surface area contributed by atoms with Gasteiger partial charge >= 0.3 is 0 Å². The molecule has 2 N–H and O–H groups in total. The molecule has 0 aromatic heterocycles. The predicted molar refractivity (Wildman–Crippen MR) is 41.9 cm³/mol. The monoisotopic (exact) mass is 152 g/mol. The molecule has 0 spiro atoms. The maximum Gasteiger partial charge on any atom is 0.241 e. The van der Waals surface area contributed by atoms with Crippen LogP contribution in [0.4, 0.5) is 0 Å². The minimum Gasteiger partial charge on any atom is -0.336 e. The molecule has 1 amide bonds. The van der Waals surface area contributed by atoms with Crippen molar-refractivity contribution in [3.8, 4) is 0 Å². The number of hydrogen-bond acceptors (Lipinski definition) is 2. The molecule has 0 aromatic rings. The Morgan fingerprint density at radius 3 is 2.55 bits per heavy atom. The van der Waals surface area contributed by atoms with E-state index in [1.807, 2.05) is 4.90 Å². The summed E-state index contributed by atoms with van der Waals surface area (Å²) in [6.07, 6.45) is 6.28. The van der Waals surface area contributed by atoms with Crippen molar-refractivity contribution in [1.29, 1.82) is 0 Å². The molecule has 0 aromatic carbocycles. The van der Waals surface area contributed by atoms with Gasteiger partial charge in [-0.3, -0.25) is 4.79 Å². The fraction of sp³-hybridized carbons (Fsp3) is 0.625. The minimum atomic E-state index is -0.212. The lowest BCUT2D eigenvalue weighted by Gasteiger charge is -2.40. The van der Waals surface area contributed by atoms with Crippen molar-refractivity contribution in [2.45, 2.75) is 24.9 Å². The Balaban J connectivity index is 1.93. The van der Waals surface area contributed by atoms with Gasteiger partial charge < -0.3 is 10.6 Å². The summed E-state index contributed by atoms with van der Waals surface area (Å²) in [5.41, 5.74) is 5.47. The first-order valence-electron chi connectivity index (χ1n) is 4.00. The third-order valence-electron chi connectivity index (χ3n) is 2.42. The third kappa shape index (κ3) is 0.959. The molecule has 1 aliphatic carbocycles. The molecule has 1 fully saturated rings. The number of likely N-dealkylation sites (tertiary alicyclic amines) is 1. The summed E-state index contributed by atoms with van der Waals surface area (Å²) in [6.45, 7) is 0.755. The highest BCUT2D eigenvalue weighted by atomic mass is 16.2. The van der Waals surface area contributed by atoms with Crippen molar-refractivity contribution in [2.24, 2.45) is 5.73 Å². The van der Waals surface area contributed by atoms with Crippen molar-refractivity contribution >= 4 is 5.91 Å². The van der Waals surface area contributed by atoms with Crippen molar-refractivity contribution < 1.29 is 4.79 Å². The molecular formula is C8H12N2O. The predicted octanol–water partition coefficient (Wildman–Crippen LogP) is -0.126. The fourth-order valence-electron chi connectivity index (χ4n) is 1.67. The number of nitrogens with two attached hydrogens (primary N) is 1. The van der Waals surface area contributed by atoms with E-state index < -0.39 is 0 Å². The van der Waals surface area contributed by atoms with Gasteiger partial charge in [0.1, 0.15) is 6.04 Å². The molecule has 1 atom stereocenters. The second kappa shape index (κ2) is 2.34. The zero-order valence-electron chi connectivity index (χ0n) is 6.36. The molecule has 0 radical (unpaired) electrons. The van der Waals surface area contributed by atoms with Crippen LogP contribution in [0, 0.1) is 0 Å². The molecule has 0 saturated carbocycles. The summed E-state index contributed by atoms with van der Waals surface area (Å²) in [7, 11) is 0. The van der Waals surface area contributed by atoms with Crippen LogP contribution in [-0.4, -0.2) is 29.4 Å². The molecule has 3 nitrogen and oxygen atoms in total. The van der Waals surface area contributed by atoms with Gasteiger partial charge in [-0.1, -0.05) is 12.2 Å². The van der Waals surface area contributed by atoms with Crippen LogP contribution in [0.3, 0.4) is 0 Å². The van der Waals surface area contributed by atoms with E-state index in [-0.39, 0.29) is 11.9 Å². The smallest absolute Gasteiger partial charge is 0.241 e. The lowest BCUT2D eigenvalue weighted by Crippen LogP contribution is -2.63. The van der Waals surface area contributed by atoms with Gasteiger partial charge in [-0.2, -0.15) is 0 Å². The average molecular weight is 152 g/mol. The number of hydrogen-bond donors (Lipinski definition) is 1. The lowest BCUT2D eigenvalue weighted by atomic mass is 10.0. The Morgan fingerprint density at radius 2 is 2.09 bits per heavy atom. The molecule has 2 aliphatic rings. The molecule has 1 saturated heterocycles. The van der Waals surface area contributed by atoms with Crippen molar-refractivity contribution in [2.75, 3.05) is 6.54 Å². The minimum absolute atomic E-state index is 0.124. The zero-order valence-corrected chi connectivity index (χ0v) is 6.36. The van der Waals surface area contributed by atoms with Gasteiger partial charge in [0.05, 0.1) is 0 Å². The van der Waals surface area contributed by atoms with Crippen LogP contribution in [-0.2, 0) is 4.79 Å². The van der Waals surface area contributed by atoms with Crippen molar-refractivity contribution in [3.63, 3.8) is 0 Å². The van der Waals surface area contributed by atoms with Crippen molar-refractivity contribution in [3.05, 3.63) is 12.2 Å². The Bertz CT molecular complexity index is 204.